The average Bonchev–Trinajstić information content (AvgIpc) is 3.22. The third-order valence-electron chi connectivity index (χ3n) is 4.11. The Kier molecular flexibility index (Phi) is 6.33. The van der Waals surface area contributed by atoms with Crippen LogP contribution >= 0.6 is 0 Å². The molecule has 2 heterocycles. The Hall–Kier alpha value is -3.76. The molecule has 1 aliphatic heterocycles. The van der Waals surface area contributed by atoms with E-state index in [-0.39, 0.29) is 17.7 Å². The summed E-state index contributed by atoms with van der Waals surface area (Å²) in [6, 6.07) is 6.22. The summed E-state index contributed by atoms with van der Waals surface area (Å²) in [5, 5.41) is 10.9. The van der Waals surface area contributed by atoms with E-state index in [1.165, 1.54) is 16.8 Å². The monoisotopic (exact) mass is 429 g/mol. The fourth-order valence-electron chi connectivity index (χ4n) is 2.82. The van der Waals surface area contributed by atoms with Crippen LogP contribution in [0.5, 0.6) is 0 Å². The fraction of sp³-hybridized carbons (Fsp3) is 0.400. The van der Waals surface area contributed by atoms with Crippen molar-refractivity contribution in [2.75, 3.05) is 6.54 Å². The van der Waals surface area contributed by atoms with Gasteiger partial charge in [0.25, 0.3) is 11.8 Å². The van der Waals surface area contributed by atoms with Crippen LogP contribution in [0.25, 0.3) is 0 Å². The van der Waals surface area contributed by atoms with E-state index < -0.39 is 29.5 Å². The molecule has 0 atom stereocenters. The number of ether oxygens (including phenoxy) is 1. The Balaban J connectivity index is 1.44. The number of imide groups is 1. The SMILES string of the molecule is CC(C)(C)OC(=O)NCCCc1cn(CC(=O)ON2C(=O)c3ccccc3C2=O)nn1. The van der Waals surface area contributed by atoms with Crippen LogP contribution in [0, 0.1) is 0 Å². The van der Waals surface area contributed by atoms with Gasteiger partial charge in [0, 0.05) is 12.7 Å². The highest BCUT2D eigenvalue weighted by Crippen LogP contribution is 2.22. The lowest BCUT2D eigenvalue weighted by Gasteiger charge is -2.19. The zero-order valence-corrected chi connectivity index (χ0v) is 17.5. The summed E-state index contributed by atoms with van der Waals surface area (Å²) < 4.78 is 6.39. The van der Waals surface area contributed by atoms with Crippen LogP contribution in [0.15, 0.2) is 30.5 Å². The molecule has 2 aromatic rings. The third kappa shape index (κ3) is 5.65. The molecule has 1 aromatic heterocycles. The van der Waals surface area contributed by atoms with Gasteiger partial charge >= 0.3 is 12.1 Å². The molecule has 1 aliphatic rings. The summed E-state index contributed by atoms with van der Waals surface area (Å²) >= 11 is 0. The third-order valence-corrected chi connectivity index (χ3v) is 4.11. The second-order valence-corrected chi connectivity index (χ2v) is 7.85. The smallest absolute Gasteiger partial charge is 0.407 e. The van der Waals surface area contributed by atoms with Gasteiger partial charge in [0.15, 0.2) is 0 Å². The zero-order valence-electron chi connectivity index (χ0n) is 17.5. The van der Waals surface area contributed by atoms with Crippen LogP contribution in [0.1, 0.15) is 53.6 Å². The minimum absolute atomic E-state index is 0.184. The number of alkyl carbamates (subject to hydrolysis) is 1. The van der Waals surface area contributed by atoms with Crippen LogP contribution in [0.2, 0.25) is 0 Å². The highest BCUT2D eigenvalue weighted by Gasteiger charge is 2.38. The van der Waals surface area contributed by atoms with Gasteiger partial charge in [-0.05, 0) is 45.7 Å². The van der Waals surface area contributed by atoms with E-state index in [0.717, 1.165) is 0 Å². The Morgan fingerprint density at radius 2 is 1.74 bits per heavy atom. The molecular formula is C20H23N5O6. The molecule has 0 saturated heterocycles. The Labute approximate surface area is 178 Å². The lowest BCUT2D eigenvalue weighted by molar-refractivity contribution is -0.169. The van der Waals surface area contributed by atoms with Crippen LogP contribution < -0.4 is 5.32 Å². The minimum Gasteiger partial charge on any atom is -0.444 e. The molecular weight excluding hydrogens is 406 g/mol. The van der Waals surface area contributed by atoms with Crippen molar-refractivity contribution in [3.63, 3.8) is 0 Å². The van der Waals surface area contributed by atoms with Crippen molar-refractivity contribution in [3.8, 4) is 0 Å². The van der Waals surface area contributed by atoms with Crippen molar-refractivity contribution in [1.29, 1.82) is 0 Å². The number of carbonyl (C=O) groups is 4. The summed E-state index contributed by atoms with van der Waals surface area (Å²) in [6.07, 6.45) is 2.17. The summed E-state index contributed by atoms with van der Waals surface area (Å²) in [5.74, 6) is -2.21. The number of fused-ring (bicyclic) bond motifs is 1. The molecule has 11 heteroatoms. The van der Waals surface area contributed by atoms with Crippen LogP contribution in [-0.2, 0) is 27.3 Å². The van der Waals surface area contributed by atoms with Gasteiger partial charge in [0.1, 0.15) is 12.1 Å². The highest BCUT2D eigenvalue weighted by atomic mass is 16.7. The Morgan fingerprint density at radius 1 is 1.10 bits per heavy atom. The lowest BCUT2D eigenvalue weighted by Crippen LogP contribution is -2.34. The first-order chi connectivity index (χ1) is 14.6. The molecule has 0 fully saturated rings. The number of hydrogen-bond acceptors (Lipinski definition) is 8. The zero-order chi connectivity index (χ0) is 22.6. The molecule has 1 aromatic carbocycles. The van der Waals surface area contributed by atoms with Crippen molar-refractivity contribution < 1.29 is 28.8 Å². The van der Waals surface area contributed by atoms with Crippen molar-refractivity contribution in [2.24, 2.45) is 0 Å². The van der Waals surface area contributed by atoms with Gasteiger partial charge < -0.3 is 14.9 Å². The number of aromatic nitrogens is 3. The van der Waals surface area contributed by atoms with Gasteiger partial charge in [-0.3, -0.25) is 9.59 Å². The molecule has 3 amide bonds. The quantitative estimate of drug-likeness (QED) is 0.517. The number of aryl methyl sites for hydroxylation is 1. The molecule has 164 valence electrons. The van der Waals surface area contributed by atoms with Gasteiger partial charge in [-0.25, -0.2) is 14.3 Å². The maximum Gasteiger partial charge on any atom is 0.407 e. The van der Waals surface area contributed by atoms with E-state index >= 15 is 0 Å². The van der Waals surface area contributed by atoms with Crippen molar-refractivity contribution in [3.05, 3.63) is 47.3 Å². The number of amides is 3. The minimum atomic E-state index is -0.836. The number of benzene rings is 1. The molecule has 0 bridgehead atoms. The van der Waals surface area contributed by atoms with Crippen molar-refractivity contribution >= 4 is 23.9 Å². The molecule has 0 saturated carbocycles. The number of hydrogen-bond donors (Lipinski definition) is 1. The lowest BCUT2D eigenvalue weighted by atomic mass is 10.1. The number of carbonyl (C=O) groups excluding carboxylic acids is 4. The Bertz CT molecular complexity index is 974. The van der Waals surface area contributed by atoms with Crippen LogP contribution in [0.4, 0.5) is 4.79 Å². The molecule has 31 heavy (non-hydrogen) atoms. The number of nitrogens with one attached hydrogen (secondary N) is 1. The van der Waals surface area contributed by atoms with Gasteiger partial charge in [-0.2, -0.15) is 0 Å². The first kappa shape index (κ1) is 21.9. The predicted octanol–water partition coefficient (Wildman–Crippen LogP) is 1.49. The first-order valence-electron chi connectivity index (χ1n) is 9.68. The maximum atomic E-state index is 12.2. The molecule has 0 aliphatic carbocycles. The van der Waals surface area contributed by atoms with Crippen LogP contribution in [0.3, 0.4) is 0 Å². The highest BCUT2D eigenvalue weighted by molar-refractivity contribution is 6.20. The summed E-state index contributed by atoms with van der Waals surface area (Å²) in [5.41, 5.74) is 0.417. The summed E-state index contributed by atoms with van der Waals surface area (Å²) in [7, 11) is 0. The van der Waals surface area contributed by atoms with E-state index in [1.807, 2.05) is 0 Å². The average molecular weight is 429 g/mol. The fourth-order valence-corrected chi connectivity index (χ4v) is 2.82. The summed E-state index contributed by atoms with van der Waals surface area (Å²) in [6.45, 7) is 5.42. The van der Waals surface area contributed by atoms with Crippen LogP contribution in [-0.4, -0.2) is 56.1 Å². The Morgan fingerprint density at radius 3 is 2.35 bits per heavy atom. The van der Waals surface area contributed by atoms with E-state index in [2.05, 4.69) is 15.6 Å². The molecule has 0 unspecified atom stereocenters. The van der Waals surface area contributed by atoms with Gasteiger partial charge in [-0.15, -0.1) is 5.10 Å². The molecule has 0 radical (unpaired) electrons. The maximum absolute atomic E-state index is 12.2. The molecule has 3 rings (SSSR count). The van der Waals surface area contributed by atoms with Crippen molar-refractivity contribution in [2.45, 2.75) is 45.8 Å². The molecule has 11 nitrogen and oxygen atoms in total. The predicted molar refractivity (Wildman–Crippen MR) is 106 cm³/mol. The normalized spacial score (nSPS) is 13.2. The summed E-state index contributed by atoms with van der Waals surface area (Å²) in [4.78, 5) is 53.1. The topological polar surface area (TPSA) is 133 Å². The molecule has 0 spiro atoms. The van der Waals surface area contributed by atoms with Gasteiger partial charge in [0.2, 0.25) is 0 Å². The van der Waals surface area contributed by atoms with E-state index in [4.69, 9.17) is 9.57 Å². The second-order valence-electron chi connectivity index (χ2n) is 7.85. The number of hydroxylamine groups is 2. The number of nitrogens with zero attached hydrogens (tertiary/aromatic N) is 4. The van der Waals surface area contributed by atoms with Crippen molar-refractivity contribution in [1.82, 2.24) is 25.4 Å². The standard InChI is InChI=1S/C20H23N5O6/c1-20(2,3)30-19(29)21-10-6-7-13-11-24(23-22-13)12-16(26)31-25-17(27)14-8-4-5-9-15(14)18(25)28/h4-5,8-9,11H,6-7,10,12H2,1-3H3,(H,21,29). The molecule has 1 N–H and O–H groups in total. The number of rotatable bonds is 7. The van der Waals surface area contributed by atoms with E-state index in [0.29, 0.717) is 30.1 Å². The van der Waals surface area contributed by atoms with E-state index in [9.17, 15) is 19.2 Å². The van der Waals surface area contributed by atoms with Gasteiger partial charge in [0.05, 0.1) is 16.8 Å². The van der Waals surface area contributed by atoms with Gasteiger partial charge in [-0.1, -0.05) is 22.4 Å². The van der Waals surface area contributed by atoms with E-state index in [1.54, 1.807) is 39.1 Å². The largest absolute Gasteiger partial charge is 0.444 e. The first-order valence-corrected chi connectivity index (χ1v) is 9.68. The second kappa shape index (κ2) is 8.94.